The molecule has 0 aromatic heterocycles. The Balaban J connectivity index is 2.28. The van der Waals surface area contributed by atoms with Gasteiger partial charge in [-0.25, -0.2) is 0 Å². The van der Waals surface area contributed by atoms with Crippen molar-refractivity contribution < 1.29 is 14.2 Å². The first-order valence-corrected chi connectivity index (χ1v) is 6.20. The van der Waals surface area contributed by atoms with Crippen LogP contribution >= 0.6 is 0 Å². The second-order valence-corrected chi connectivity index (χ2v) is 4.60. The van der Waals surface area contributed by atoms with E-state index in [1.807, 2.05) is 19.2 Å². The van der Waals surface area contributed by atoms with Crippen LogP contribution in [-0.2, 0) is 0 Å². The Bertz CT molecular complexity index is 414. The van der Waals surface area contributed by atoms with Crippen molar-refractivity contribution in [2.24, 2.45) is 0 Å². The van der Waals surface area contributed by atoms with Crippen LogP contribution in [-0.4, -0.2) is 34.4 Å². The SMILES string of the molecule is CNC1CC(c2cc(OC)c(OC)cc2OC)C1. The summed E-state index contributed by atoms with van der Waals surface area (Å²) in [5, 5.41) is 3.29. The van der Waals surface area contributed by atoms with E-state index in [0.29, 0.717) is 17.7 Å². The van der Waals surface area contributed by atoms with Crippen molar-refractivity contribution in [3.63, 3.8) is 0 Å². The third-order valence-electron chi connectivity index (χ3n) is 3.72. The molecule has 4 nitrogen and oxygen atoms in total. The molecule has 1 saturated carbocycles. The summed E-state index contributed by atoms with van der Waals surface area (Å²) in [7, 11) is 6.99. The molecule has 0 bridgehead atoms. The molecule has 0 aliphatic heterocycles. The van der Waals surface area contributed by atoms with Crippen molar-refractivity contribution in [3.8, 4) is 17.2 Å². The normalized spacial score (nSPS) is 22.2. The van der Waals surface area contributed by atoms with Gasteiger partial charge in [0.15, 0.2) is 11.5 Å². The number of ether oxygens (including phenoxy) is 3. The van der Waals surface area contributed by atoms with Crippen molar-refractivity contribution in [3.05, 3.63) is 17.7 Å². The number of methoxy groups -OCH3 is 3. The fraction of sp³-hybridized carbons (Fsp3) is 0.571. The summed E-state index contributed by atoms with van der Waals surface area (Å²) >= 11 is 0. The lowest BCUT2D eigenvalue weighted by molar-refractivity contribution is 0.293. The summed E-state index contributed by atoms with van der Waals surface area (Å²) < 4.78 is 16.1. The van der Waals surface area contributed by atoms with Crippen LogP contribution in [0.5, 0.6) is 17.2 Å². The van der Waals surface area contributed by atoms with Gasteiger partial charge in [-0.15, -0.1) is 0 Å². The van der Waals surface area contributed by atoms with Gasteiger partial charge in [-0.05, 0) is 31.9 Å². The van der Waals surface area contributed by atoms with Gasteiger partial charge in [0.1, 0.15) is 5.75 Å². The van der Waals surface area contributed by atoms with Crippen LogP contribution in [0.4, 0.5) is 0 Å². The minimum Gasteiger partial charge on any atom is -0.496 e. The Morgan fingerprint density at radius 3 is 2.00 bits per heavy atom. The highest BCUT2D eigenvalue weighted by Gasteiger charge is 2.32. The predicted octanol–water partition coefficient (Wildman–Crippen LogP) is 2.18. The molecule has 0 heterocycles. The van der Waals surface area contributed by atoms with Gasteiger partial charge in [0.25, 0.3) is 0 Å². The fourth-order valence-corrected chi connectivity index (χ4v) is 2.48. The number of rotatable bonds is 5. The highest BCUT2D eigenvalue weighted by atomic mass is 16.5. The minimum absolute atomic E-state index is 0.539. The van der Waals surface area contributed by atoms with E-state index in [4.69, 9.17) is 14.2 Å². The molecule has 0 amide bonds. The molecule has 0 spiro atoms. The second-order valence-electron chi connectivity index (χ2n) is 4.60. The molecule has 1 fully saturated rings. The molecule has 0 radical (unpaired) electrons. The Morgan fingerprint density at radius 2 is 1.50 bits per heavy atom. The van der Waals surface area contributed by atoms with E-state index >= 15 is 0 Å². The van der Waals surface area contributed by atoms with Gasteiger partial charge >= 0.3 is 0 Å². The molecule has 4 heteroatoms. The van der Waals surface area contributed by atoms with Gasteiger partial charge in [0.2, 0.25) is 0 Å². The summed E-state index contributed by atoms with van der Waals surface area (Å²) in [6.45, 7) is 0. The molecule has 1 aliphatic carbocycles. The Kier molecular flexibility index (Phi) is 3.97. The van der Waals surface area contributed by atoms with Crippen LogP contribution in [0.1, 0.15) is 24.3 Å². The van der Waals surface area contributed by atoms with E-state index in [1.165, 1.54) is 5.56 Å². The predicted molar refractivity (Wildman–Crippen MR) is 70.9 cm³/mol. The smallest absolute Gasteiger partial charge is 0.164 e. The van der Waals surface area contributed by atoms with Crippen LogP contribution in [0, 0.1) is 0 Å². The van der Waals surface area contributed by atoms with E-state index < -0.39 is 0 Å². The van der Waals surface area contributed by atoms with Gasteiger partial charge in [-0.2, -0.15) is 0 Å². The summed E-state index contributed by atoms with van der Waals surface area (Å²) in [6, 6.07) is 4.56. The highest BCUT2D eigenvalue weighted by Crippen LogP contribution is 2.45. The van der Waals surface area contributed by atoms with Gasteiger partial charge < -0.3 is 19.5 Å². The number of nitrogens with one attached hydrogen (secondary N) is 1. The largest absolute Gasteiger partial charge is 0.496 e. The van der Waals surface area contributed by atoms with Crippen molar-refractivity contribution in [2.45, 2.75) is 24.8 Å². The van der Waals surface area contributed by atoms with Crippen LogP contribution in [0.25, 0.3) is 0 Å². The first-order chi connectivity index (χ1) is 8.73. The molecule has 1 N–H and O–H groups in total. The first kappa shape index (κ1) is 13.0. The average Bonchev–Trinajstić information content (AvgIpc) is 2.36. The van der Waals surface area contributed by atoms with E-state index in [-0.39, 0.29) is 0 Å². The summed E-state index contributed by atoms with van der Waals surface area (Å²) in [5.74, 6) is 2.90. The summed E-state index contributed by atoms with van der Waals surface area (Å²) in [4.78, 5) is 0. The quantitative estimate of drug-likeness (QED) is 0.870. The minimum atomic E-state index is 0.539. The van der Waals surface area contributed by atoms with Crippen LogP contribution in [0.2, 0.25) is 0 Å². The van der Waals surface area contributed by atoms with Gasteiger partial charge in [0.05, 0.1) is 21.3 Å². The maximum Gasteiger partial charge on any atom is 0.164 e. The van der Waals surface area contributed by atoms with Gasteiger partial charge in [0, 0.05) is 17.7 Å². The lowest BCUT2D eigenvalue weighted by Gasteiger charge is -2.36. The van der Waals surface area contributed by atoms with Gasteiger partial charge in [-0.3, -0.25) is 0 Å². The van der Waals surface area contributed by atoms with E-state index in [1.54, 1.807) is 21.3 Å². The zero-order chi connectivity index (χ0) is 13.1. The molecule has 0 atom stereocenters. The first-order valence-electron chi connectivity index (χ1n) is 6.20. The molecule has 100 valence electrons. The molecule has 2 rings (SSSR count). The third kappa shape index (κ3) is 2.25. The molecule has 1 aromatic carbocycles. The molecular weight excluding hydrogens is 230 g/mol. The van der Waals surface area contributed by atoms with Crippen LogP contribution in [0.3, 0.4) is 0 Å². The van der Waals surface area contributed by atoms with Gasteiger partial charge in [-0.1, -0.05) is 0 Å². The Hall–Kier alpha value is -1.42. The van der Waals surface area contributed by atoms with Crippen molar-refractivity contribution in [1.29, 1.82) is 0 Å². The highest BCUT2D eigenvalue weighted by molar-refractivity contribution is 5.52. The number of hydrogen-bond donors (Lipinski definition) is 1. The van der Waals surface area contributed by atoms with E-state index in [9.17, 15) is 0 Å². The Labute approximate surface area is 108 Å². The van der Waals surface area contributed by atoms with Crippen LogP contribution in [0.15, 0.2) is 12.1 Å². The van der Waals surface area contributed by atoms with Crippen molar-refractivity contribution in [2.75, 3.05) is 28.4 Å². The monoisotopic (exact) mass is 251 g/mol. The van der Waals surface area contributed by atoms with Crippen molar-refractivity contribution in [1.82, 2.24) is 5.32 Å². The molecule has 1 aromatic rings. The zero-order valence-electron chi connectivity index (χ0n) is 11.4. The van der Waals surface area contributed by atoms with Crippen LogP contribution < -0.4 is 19.5 Å². The fourth-order valence-electron chi connectivity index (χ4n) is 2.48. The molecular formula is C14H21NO3. The zero-order valence-corrected chi connectivity index (χ0v) is 11.4. The molecule has 18 heavy (non-hydrogen) atoms. The maximum atomic E-state index is 5.46. The third-order valence-corrected chi connectivity index (χ3v) is 3.72. The van der Waals surface area contributed by atoms with E-state index in [2.05, 4.69) is 5.32 Å². The lowest BCUT2D eigenvalue weighted by atomic mass is 9.75. The molecule has 1 aliphatic rings. The standard InChI is InChI=1S/C14H21NO3/c1-15-10-5-9(6-10)11-7-13(17-3)14(18-4)8-12(11)16-2/h7-10,15H,5-6H2,1-4H3. The lowest BCUT2D eigenvalue weighted by Crippen LogP contribution is -2.37. The number of hydrogen-bond acceptors (Lipinski definition) is 4. The molecule has 0 unspecified atom stereocenters. The summed E-state index contributed by atoms with van der Waals surface area (Å²) in [6.07, 6.45) is 2.28. The Morgan fingerprint density at radius 1 is 0.944 bits per heavy atom. The molecule has 0 saturated heterocycles. The van der Waals surface area contributed by atoms with Crippen molar-refractivity contribution >= 4 is 0 Å². The number of benzene rings is 1. The maximum absolute atomic E-state index is 5.46. The second kappa shape index (κ2) is 5.48. The topological polar surface area (TPSA) is 39.7 Å². The average molecular weight is 251 g/mol. The van der Waals surface area contributed by atoms with E-state index in [0.717, 1.165) is 24.3 Å². The summed E-state index contributed by atoms with van der Waals surface area (Å²) in [5.41, 5.74) is 1.21.